The summed E-state index contributed by atoms with van der Waals surface area (Å²) in [6, 6.07) is 1.92. The number of carbonyl (C=O) groups is 1. The Morgan fingerprint density at radius 3 is 2.83 bits per heavy atom. The van der Waals surface area contributed by atoms with Crippen molar-refractivity contribution in [2.75, 3.05) is 19.8 Å². The number of ether oxygens (including phenoxy) is 1. The average molecular weight is 329 g/mol. The smallest absolute Gasteiger partial charge is 0.259 e. The van der Waals surface area contributed by atoms with E-state index < -0.39 is 0 Å². The van der Waals surface area contributed by atoms with E-state index in [0.29, 0.717) is 36.7 Å². The normalized spacial score (nSPS) is 19.9. The van der Waals surface area contributed by atoms with E-state index in [1.54, 1.807) is 0 Å². The van der Waals surface area contributed by atoms with Crippen LogP contribution in [0.1, 0.15) is 60.8 Å². The molecule has 1 aliphatic carbocycles. The molecule has 6 heteroatoms. The lowest BCUT2D eigenvalue weighted by molar-refractivity contribution is -0.0876. The second-order valence-electron chi connectivity index (χ2n) is 7.28. The molecule has 2 aliphatic rings. The fraction of sp³-hybridized carbons (Fsp3) is 0.611. The van der Waals surface area contributed by atoms with E-state index in [9.17, 15) is 4.79 Å². The van der Waals surface area contributed by atoms with Gasteiger partial charge in [-0.05, 0) is 38.2 Å². The van der Waals surface area contributed by atoms with E-state index in [-0.39, 0.29) is 17.4 Å². The minimum atomic E-state index is -0.117. The predicted molar refractivity (Wildman–Crippen MR) is 89.1 cm³/mol. The summed E-state index contributed by atoms with van der Waals surface area (Å²) in [5.74, 6) is 0.271. The van der Waals surface area contributed by atoms with Crippen molar-refractivity contribution in [1.29, 1.82) is 0 Å². The molecular weight excluding hydrogens is 306 g/mol. The zero-order valence-electron chi connectivity index (χ0n) is 14.5. The van der Waals surface area contributed by atoms with Crippen LogP contribution < -0.4 is 0 Å². The molecule has 2 aromatic heterocycles. The molecule has 2 fully saturated rings. The van der Waals surface area contributed by atoms with E-state index in [1.165, 1.54) is 0 Å². The average Bonchev–Trinajstić information content (AvgIpc) is 2.93. The van der Waals surface area contributed by atoms with E-state index in [0.717, 1.165) is 30.3 Å². The van der Waals surface area contributed by atoms with Crippen LogP contribution in [0.25, 0.3) is 11.1 Å². The molecule has 3 heterocycles. The molecule has 6 nitrogen and oxygen atoms in total. The Hall–Kier alpha value is -1.95. The number of nitrogens with zero attached hydrogens (tertiary/aromatic N) is 3. The Morgan fingerprint density at radius 1 is 1.38 bits per heavy atom. The van der Waals surface area contributed by atoms with Crippen molar-refractivity contribution < 1.29 is 14.1 Å². The molecule has 0 atom stereocenters. The molecule has 1 saturated carbocycles. The standard InChI is InChI=1S/C18H23N3O3/c1-11(2)14-9-13(15-12(3)20-24-16(15)19-14)17(22)21-7-8-23-10-18(21)5-4-6-18/h9,11H,4-8,10H2,1-3H3. The number of rotatable bonds is 2. The molecule has 1 amide bonds. The van der Waals surface area contributed by atoms with E-state index in [1.807, 2.05) is 17.9 Å². The van der Waals surface area contributed by atoms with Gasteiger partial charge in [-0.25, -0.2) is 4.98 Å². The highest BCUT2D eigenvalue weighted by Gasteiger charge is 2.47. The number of amides is 1. The molecule has 0 aromatic carbocycles. The third kappa shape index (κ3) is 2.24. The van der Waals surface area contributed by atoms with Crippen molar-refractivity contribution in [3.05, 3.63) is 23.0 Å². The Kier molecular flexibility index (Phi) is 3.60. The van der Waals surface area contributed by atoms with Crippen LogP contribution in [0.5, 0.6) is 0 Å². The van der Waals surface area contributed by atoms with E-state index >= 15 is 0 Å². The summed E-state index contributed by atoms with van der Waals surface area (Å²) in [4.78, 5) is 20.0. The number of aryl methyl sites for hydroxylation is 1. The molecule has 128 valence electrons. The van der Waals surface area contributed by atoms with Gasteiger partial charge in [-0.3, -0.25) is 4.79 Å². The van der Waals surface area contributed by atoms with Crippen LogP contribution in [0.3, 0.4) is 0 Å². The largest absolute Gasteiger partial charge is 0.377 e. The molecule has 1 saturated heterocycles. The summed E-state index contributed by atoms with van der Waals surface area (Å²) in [5.41, 5.74) is 2.58. The zero-order valence-corrected chi connectivity index (χ0v) is 14.5. The zero-order chi connectivity index (χ0) is 16.9. The first-order chi connectivity index (χ1) is 11.5. The highest BCUT2D eigenvalue weighted by atomic mass is 16.5. The lowest BCUT2D eigenvalue weighted by atomic mass is 9.75. The minimum Gasteiger partial charge on any atom is -0.377 e. The first-order valence-corrected chi connectivity index (χ1v) is 8.68. The number of carbonyl (C=O) groups excluding carboxylic acids is 1. The number of hydrogen-bond acceptors (Lipinski definition) is 5. The summed E-state index contributed by atoms with van der Waals surface area (Å²) in [5, 5.41) is 4.76. The monoisotopic (exact) mass is 329 g/mol. The Balaban J connectivity index is 1.82. The van der Waals surface area contributed by atoms with Crippen LogP contribution in [0.2, 0.25) is 0 Å². The summed E-state index contributed by atoms with van der Waals surface area (Å²) >= 11 is 0. The molecule has 0 bridgehead atoms. The molecular formula is C18H23N3O3. The van der Waals surface area contributed by atoms with Gasteiger partial charge in [-0.2, -0.15) is 0 Å². The molecule has 4 rings (SSSR count). The van der Waals surface area contributed by atoms with Gasteiger partial charge in [0.05, 0.1) is 35.4 Å². The first-order valence-electron chi connectivity index (χ1n) is 8.68. The lowest BCUT2D eigenvalue weighted by Gasteiger charge is -2.52. The molecule has 2 aromatic rings. The third-order valence-corrected chi connectivity index (χ3v) is 5.39. The third-order valence-electron chi connectivity index (χ3n) is 5.39. The molecule has 1 aliphatic heterocycles. The van der Waals surface area contributed by atoms with Gasteiger partial charge >= 0.3 is 0 Å². The number of fused-ring (bicyclic) bond motifs is 1. The second-order valence-corrected chi connectivity index (χ2v) is 7.28. The van der Waals surface area contributed by atoms with Crippen molar-refractivity contribution >= 4 is 17.0 Å². The lowest BCUT2D eigenvalue weighted by Crippen LogP contribution is -2.62. The van der Waals surface area contributed by atoms with Crippen LogP contribution in [0, 0.1) is 6.92 Å². The molecule has 0 radical (unpaired) electrons. The van der Waals surface area contributed by atoms with Gasteiger partial charge in [0.25, 0.3) is 11.6 Å². The first kappa shape index (κ1) is 15.6. The SMILES string of the molecule is Cc1noc2nc(C(C)C)cc(C(=O)N3CCOCC34CCC4)c12. The second kappa shape index (κ2) is 5.55. The highest BCUT2D eigenvalue weighted by Crippen LogP contribution is 2.41. The van der Waals surface area contributed by atoms with Crippen molar-refractivity contribution in [2.24, 2.45) is 0 Å². The number of hydrogen-bond donors (Lipinski definition) is 0. The van der Waals surface area contributed by atoms with Gasteiger partial charge in [0.2, 0.25) is 0 Å². The minimum absolute atomic E-state index is 0.0543. The Morgan fingerprint density at radius 2 is 2.17 bits per heavy atom. The fourth-order valence-electron chi connectivity index (χ4n) is 3.77. The van der Waals surface area contributed by atoms with Crippen LogP contribution in [0.15, 0.2) is 10.6 Å². The summed E-state index contributed by atoms with van der Waals surface area (Å²) in [6.07, 6.45) is 3.20. The molecule has 1 spiro atoms. The summed E-state index contributed by atoms with van der Waals surface area (Å²) < 4.78 is 11.0. The van der Waals surface area contributed by atoms with Crippen molar-refractivity contribution in [3.8, 4) is 0 Å². The number of morpholine rings is 1. The summed E-state index contributed by atoms with van der Waals surface area (Å²) in [6.45, 7) is 7.87. The van der Waals surface area contributed by atoms with Gasteiger partial charge in [0, 0.05) is 12.2 Å². The van der Waals surface area contributed by atoms with Crippen molar-refractivity contribution in [3.63, 3.8) is 0 Å². The number of pyridine rings is 1. The quantitative estimate of drug-likeness (QED) is 0.847. The molecule has 0 N–H and O–H groups in total. The van der Waals surface area contributed by atoms with E-state index in [4.69, 9.17) is 9.26 Å². The van der Waals surface area contributed by atoms with Gasteiger partial charge < -0.3 is 14.2 Å². The van der Waals surface area contributed by atoms with Gasteiger partial charge in [0.15, 0.2) is 0 Å². The maximum atomic E-state index is 13.4. The van der Waals surface area contributed by atoms with Crippen molar-refractivity contribution in [1.82, 2.24) is 15.0 Å². The van der Waals surface area contributed by atoms with Crippen LogP contribution >= 0.6 is 0 Å². The fourth-order valence-corrected chi connectivity index (χ4v) is 3.77. The van der Waals surface area contributed by atoms with Gasteiger partial charge in [-0.15, -0.1) is 0 Å². The van der Waals surface area contributed by atoms with E-state index in [2.05, 4.69) is 24.0 Å². The van der Waals surface area contributed by atoms with Gasteiger partial charge in [0.1, 0.15) is 0 Å². The van der Waals surface area contributed by atoms with Crippen molar-refractivity contribution in [2.45, 2.75) is 51.5 Å². The number of aromatic nitrogens is 2. The summed E-state index contributed by atoms with van der Waals surface area (Å²) in [7, 11) is 0. The van der Waals surface area contributed by atoms with Gasteiger partial charge in [-0.1, -0.05) is 19.0 Å². The maximum Gasteiger partial charge on any atom is 0.259 e. The Bertz CT molecular complexity index is 792. The highest BCUT2D eigenvalue weighted by molar-refractivity contribution is 6.06. The van der Waals surface area contributed by atoms with Crippen LogP contribution in [0.4, 0.5) is 0 Å². The predicted octanol–water partition coefficient (Wildman–Crippen LogP) is 3.05. The maximum absolute atomic E-state index is 13.4. The van der Waals surface area contributed by atoms with Crippen LogP contribution in [-0.2, 0) is 4.74 Å². The molecule has 0 unspecified atom stereocenters. The van der Waals surface area contributed by atoms with Crippen LogP contribution in [-0.4, -0.2) is 46.2 Å². The topological polar surface area (TPSA) is 68.5 Å². The Labute approximate surface area is 141 Å². The molecule has 24 heavy (non-hydrogen) atoms.